The number of halogens is 1. The first-order valence-electron chi connectivity index (χ1n) is 3.63. The van der Waals surface area contributed by atoms with Crippen LogP contribution >= 0.6 is 15.9 Å². The number of carbonyl (C=O) groups excluding carboxylic acids is 1. The summed E-state index contributed by atoms with van der Waals surface area (Å²) >= 11 is 3.18. The molecule has 0 atom stereocenters. The molecule has 5 heteroatoms. The van der Waals surface area contributed by atoms with Crippen molar-refractivity contribution in [2.24, 2.45) is 0 Å². The van der Waals surface area contributed by atoms with Gasteiger partial charge in [-0.2, -0.15) is 0 Å². The van der Waals surface area contributed by atoms with E-state index >= 15 is 0 Å². The average molecular weight is 245 g/mol. The first kappa shape index (κ1) is 10.1. The third kappa shape index (κ3) is 3.12. The molecular formula is C8H9BrN2O2. The third-order valence-electron chi connectivity index (χ3n) is 1.32. The Labute approximate surface area is 84.4 Å². The molecule has 1 aromatic heterocycles. The van der Waals surface area contributed by atoms with Crippen molar-refractivity contribution in [2.75, 3.05) is 13.8 Å². The topological polar surface area (TPSA) is 51.2 Å². The Kier molecular flexibility index (Phi) is 3.85. The highest BCUT2D eigenvalue weighted by Gasteiger charge is 2.05. The molecule has 0 aliphatic rings. The van der Waals surface area contributed by atoms with Gasteiger partial charge in [0.2, 0.25) is 0 Å². The second-order valence-electron chi connectivity index (χ2n) is 2.28. The fourth-order valence-electron chi connectivity index (χ4n) is 0.763. The summed E-state index contributed by atoms with van der Waals surface area (Å²) in [5.41, 5.74) is 0.367. The maximum absolute atomic E-state index is 11.3. The van der Waals surface area contributed by atoms with E-state index in [9.17, 15) is 4.79 Å². The summed E-state index contributed by atoms with van der Waals surface area (Å²) in [6, 6.07) is 5.14. The summed E-state index contributed by atoms with van der Waals surface area (Å²) in [6.45, 7) is 0.188. The molecule has 0 aromatic carbocycles. The molecule has 0 saturated carbocycles. The number of aromatic nitrogens is 1. The van der Waals surface area contributed by atoms with Crippen LogP contribution in [0.3, 0.4) is 0 Å². The van der Waals surface area contributed by atoms with E-state index in [1.54, 1.807) is 18.2 Å². The molecule has 1 rings (SSSR count). The molecule has 0 radical (unpaired) electrons. The van der Waals surface area contributed by atoms with Gasteiger partial charge < -0.3 is 10.1 Å². The highest BCUT2D eigenvalue weighted by molar-refractivity contribution is 9.10. The van der Waals surface area contributed by atoms with E-state index in [1.165, 1.54) is 7.11 Å². The highest BCUT2D eigenvalue weighted by Crippen LogP contribution is 2.05. The van der Waals surface area contributed by atoms with Crippen LogP contribution in [0.5, 0.6) is 0 Å². The molecule has 0 saturated heterocycles. The fourth-order valence-corrected chi connectivity index (χ4v) is 1.11. The van der Waals surface area contributed by atoms with Gasteiger partial charge in [0.15, 0.2) is 0 Å². The predicted octanol–water partition coefficient (Wildman–Crippen LogP) is 1.18. The molecule has 0 aliphatic carbocycles. The van der Waals surface area contributed by atoms with Crippen LogP contribution in [0, 0.1) is 0 Å². The summed E-state index contributed by atoms with van der Waals surface area (Å²) in [5.74, 6) is -0.247. The first-order chi connectivity index (χ1) is 6.24. The largest absolute Gasteiger partial charge is 0.364 e. The Balaban J connectivity index is 2.66. The Hall–Kier alpha value is -0.940. The van der Waals surface area contributed by atoms with Crippen LogP contribution in [0.15, 0.2) is 22.8 Å². The Morgan fingerprint density at radius 3 is 3.08 bits per heavy atom. The van der Waals surface area contributed by atoms with Crippen LogP contribution in [0.25, 0.3) is 0 Å². The van der Waals surface area contributed by atoms with Crippen molar-refractivity contribution in [3.63, 3.8) is 0 Å². The summed E-state index contributed by atoms with van der Waals surface area (Å²) in [4.78, 5) is 15.3. The van der Waals surface area contributed by atoms with Crippen LogP contribution < -0.4 is 5.32 Å². The van der Waals surface area contributed by atoms with Gasteiger partial charge in [0, 0.05) is 7.11 Å². The smallest absolute Gasteiger partial charge is 0.271 e. The summed E-state index contributed by atoms with van der Waals surface area (Å²) < 4.78 is 5.33. The third-order valence-corrected chi connectivity index (χ3v) is 1.77. The molecule has 0 spiro atoms. The van der Waals surface area contributed by atoms with Crippen molar-refractivity contribution in [2.45, 2.75) is 0 Å². The van der Waals surface area contributed by atoms with Crippen molar-refractivity contribution >= 4 is 21.8 Å². The van der Waals surface area contributed by atoms with Crippen LogP contribution in [0.2, 0.25) is 0 Å². The summed E-state index contributed by atoms with van der Waals surface area (Å²) in [5, 5.41) is 2.53. The number of nitrogens with one attached hydrogen (secondary N) is 1. The lowest BCUT2D eigenvalue weighted by Gasteiger charge is -2.02. The monoisotopic (exact) mass is 244 g/mol. The average Bonchev–Trinajstić information content (AvgIpc) is 2.14. The van der Waals surface area contributed by atoms with Gasteiger partial charge >= 0.3 is 0 Å². The van der Waals surface area contributed by atoms with Gasteiger partial charge in [-0.15, -0.1) is 0 Å². The molecule has 1 N–H and O–H groups in total. The van der Waals surface area contributed by atoms with Gasteiger partial charge in [-0.1, -0.05) is 6.07 Å². The second-order valence-corrected chi connectivity index (χ2v) is 3.10. The van der Waals surface area contributed by atoms with E-state index in [1.807, 2.05) is 0 Å². The summed E-state index contributed by atoms with van der Waals surface area (Å²) in [7, 11) is 1.51. The number of pyridine rings is 1. The van der Waals surface area contributed by atoms with E-state index in [0.717, 1.165) is 0 Å². The molecule has 1 aromatic rings. The van der Waals surface area contributed by atoms with Gasteiger partial charge in [-0.05, 0) is 28.1 Å². The number of amides is 1. The zero-order valence-electron chi connectivity index (χ0n) is 7.08. The minimum absolute atomic E-state index is 0.188. The standard InChI is InChI=1S/C8H9BrN2O2/c1-13-5-10-8(12)6-3-2-4-7(9)11-6/h2-4H,5H2,1H3,(H,10,12). The number of hydrogen-bond acceptors (Lipinski definition) is 3. The maximum atomic E-state index is 11.3. The van der Waals surface area contributed by atoms with Crippen molar-refractivity contribution in [3.05, 3.63) is 28.5 Å². The molecule has 4 nitrogen and oxygen atoms in total. The lowest BCUT2D eigenvalue weighted by molar-refractivity contribution is 0.0867. The molecule has 13 heavy (non-hydrogen) atoms. The van der Waals surface area contributed by atoms with Crippen LogP contribution in [0.4, 0.5) is 0 Å². The van der Waals surface area contributed by atoms with Crippen molar-refractivity contribution in [1.82, 2.24) is 10.3 Å². The zero-order valence-corrected chi connectivity index (χ0v) is 8.67. The van der Waals surface area contributed by atoms with E-state index in [4.69, 9.17) is 4.74 Å². The molecule has 1 amide bonds. The number of ether oxygens (including phenoxy) is 1. The second kappa shape index (κ2) is 4.94. The minimum atomic E-state index is -0.247. The SMILES string of the molecule is COCNC(=O)c1cccc(Br)n1. The number of carbonyl (C=O) groups is 1. The molecule has 0 fully saturated rings. The van der Waals surface area contributed by atoms with Crippen molar-refractivity contribution < 1.29 is 9.53 Å². The van der Waals surface area contributed by atoms with Gasteiger partial charge in [0.1, 0.15) is 17.0 Å². The van der Waals surface area contributed by atoms with Crippen LogP contribution in [0.1, 0.15) is 10.5 Å². The molecule has 70 valence electrons. The molecule has 1 heterocycles. The number of nitrogens with zero attached hydrogens (tertiary/aromatic N) is 1. The van der Waals surface area contributed by atoms with E-state index < -0.39 is 0 Å². The first-order valence-corrected chi connectivity index (χ1v) is 4.43. The van der Waals surface area contributed by atoms with Crippen molar-refractivity contribution in [1.29, 1.82) is 0 Å². The molecule has 0 aliphatic heterocycles. The Morgan fingerprint density at radius 2 is 2.46 bits per heavy atom. The number of hydrogen-bond donors (Lipinski definition) is 1. The van der Waals surface area contributed by atoms with Gasteiger partial charge in [-0.3, -0.25) is 4.79 Å². The Bertz CT molecular complexity index is 304. The van der Waals surface area contributed by atoms with E-state index in [-0.39, 0.29) is 12.6 Å². The van der Waals surface area contributed by atoms with Gasteiger partial charge in [0.05, 0.1) is 0 Å². The van der Waals surface area contributed by atoms with Crippen LogP contribution in [-0.2, 0) is 4.74 Å². The van der Waals surface area contributed by atoms with Crippen molar-refractivity contribution in [3.8, 4) is 0 Å². The number of rotatable bonds is 3. The molecule has 0 bridgehead atoms. The maximum Gasteiger partial charge on any atom is 0.271 e. The van der Waals surface area contributed by atoms with Gasteiger partial charge in [-0.25, -0.2) is 4.98 Å². The predicted molar refractivity (Wildman–Crippen MR) is 51.3 cm³/mol. The summed E-state index contributed by atoms with van der Waals surface area (Å²) in [6.07, 6.45) is 0. The minimum Gasteiger partial charge on any atom is -0.364 e. The highest BCUT2D eigenvalue weighted by atomic mass is 79.9. The Morgan fingerprint density at radius 1 is 1.69 bits per heavy atom. The van der Waals surface area contributed by atoms with E-state index in [0.29, 0.717) is 10.3 Å². The molecular weight excluding hydrogens is 236 g/mol. The lowest BCUT2D eigenvalue weighted by Crippen LogP contribution is -2.26. The zero-order chi connectivity index (χ0) is 9.68. The lowest BCUT2D eigenvalue weighted by atomic mass is 10.3. The van der Waals surface area contributed by atoms with Gasteiger partial charge in [0.25, 0.3) is 5.91 Å². The van der Waals surface area contributed by atoms with Crippen LogP contribution in [-0.4, -0.2) is 24.7 Å². The quantitative estimate of drug-likeness (QED) is 0.642. The number of methoxy groups -OCH3 is 1. The molecule has 0 unspecified atom stereocenters. The van der Waals surface area contributed by atoms with E-state index in [2.05, 4.69) is 26.2 Å². The normalized spacial score (nSPS) is 9.69. The fraction of sp³-hybridized carbons (Fsp3) is 0.250.